The molecule has 0 radical (unpaired) electrons. The largest absolute Gasteiger partial charge is 0.478 e. The van der Waals surface area contributed by atoms with Crippen LogP contribution >= 0.6 is 0 Å². The molecule has 3 heterocycles. The Morgan fingerprint density at radius 3 is 2.68 bits per heavy atom. The molecule has 2 aliphatic heterocycles. The fraction of sp³-hybridized carbons (Fsp3) is 0.571. The van der Waals surface area contributed by atoms with Crippen LogP contribution in [0.25, 0.3) is 0 Å². The second-order valence-electron chi connectivity index (χ2n) is 5.60. The van der Waals surface area contributed by atoms with Crippen molar-refractivity contribution >= 4 is 11.8 Å². The van der Waals surface area contributed by atoms with Crippen molar-refractivity contribution in [3.8, 4) is 0 Å². The Labute approximate surface area is 112 Å². The highest BCUT2D eigenvalue weighted by Gasteiger charge is 2.45. The van der Waals surface area contributed by atoms with Crippen molar-refractivity contribution in [1.29, 1.82) is 0 Å². The van der Waals surface area contributed by atoms with Crippen molar-refractivity contribution in [2.75, 3.05) is 31.2 Å². The zero-order valence-corrected chi connectivity index (χ0v) is 11.1. The zero-order chi connectivity index (χ0) is 13.5. The van der Waals surface area contributed by atoms with Crippen molar-refractivity contribution < 1.29 is 14.6 Å². The number of ether oxygens (including phenoxy) is 1. The lowest BCUT2D eigenvalue weighted by molar-refractivity contribution is -0.000576. The van der Waals surface area contributed by atoms with Gasteiger partial charge in [0.25, 0.3) is 0 Å². The Bertz CT molecular complexity index is 501. The maximum atomic E-state index is 11.3. The summed E-state index contributed by atoms with van der Waals surface area (Å²) in [6.45, 7) is 5.32. The van der Waals surface area contributed by atoms with E-state index in [2.05, 4.69) is 9.88 Å². The highest BCUT2D eigenvalue weighted by atomic mass is 16.5. The van der Waals surface area contributed by atoms with Crippen molar-refractivity contribution in [3.63, 3.8) is 0 Å². The number of aromatic nitrogens is 1. The van der Waals surface area contributed by atoms with E-state index in [0.29, 0.717) is 16.8 Å². The first kappa shape index (κ1) is 12.4. The van der Waals surface area contributed by atoms with Crippen LogP contribution in [0.1, 0.15) is 28.9 Å². The van der Waals surface area contributed by atoms with Crippen molar-refractivity contribution in [2.24, 2.45) is 5.41 Å². The minimum absolute atomic E-state index is 0.299. The number of hydrogen-bond donors (Lipinski definition) is 1. The molecule has 102 valence electrons. The number of aromatic carboxylic acids is 1. The standard InChI is InChI=1S/C14H18N2O3/c1-10-2-3-11(13(17)18)12(15-10)16-8-14(9-16)4-6-19-7-5-14/h2-3H,4-9H2,1H3,(H,17,18). The van der Waals surface area contributed by atoms with Gasteiger partial charge in [-0.3, -0.25) is 0 Å². The van der Waals surface area contributed by atoms with Gasteiger partial charge in [0.15, 0.2) is 0 Å². The monoisotopic (exact) mass is 262 g/mol. The Balaban J connectivity index is 1.81. The van der Waals surface area contributed by atoms with Gasteiger partial charge in [-0.2, -0.15) is 0 Å². The maximum absolute atomic E-state index is 11.3. The van der Waals surface area contributed by atoms with Gasteiger partial charge < -0.3 is 14.7 Å². The van der Waals surface area contributed by atoms with Crippen molar-refractivity contribution in [2.45, 2.75) is 19.8 Å². The average molecular weight is 262 g/mol. The van der Waals surface area contributed by atoms with Gasteiger partial charge in [0, 0.05) is 37.4 Å². The molecule has 0 amide bonds. The lowest BCUT2D eigenvalue weighted by Gasteiger charge is -2.53. The molecule has 0 unspecified atom stereocenters. The second-order valence-corrected chi connectivity index (χ2v) is 5.60. The molecule has 2 fully saturated rings. The molecule has 1 aromatic heterocycles. The van der Waals surface area contributed by atoms with E-state index in [1.165, 1.54) is 0 Å². The molecule has 0 saturated carbocycles. The summed E-state index contributed by atoms with van der Waals surface area (Å²) in [4.78, 5) is 17.8. The topological polar surface area (TPSA) is 62.7 Å². The number of aryl methyl sites for hydroxylation is 1. The third kappa shape index (κ3) is 2.18. The molecule has 0 atom stereocenters. The molecular weight excluding hydrogens is 244 g/mol. The molecular formula is C14H18N2O3. The number of pyridine rings is 1. The third-order valence-corrected chi connectivity index (χ3v) is 4.15. The van der Waals surface area contributed by atoms with E-state index in [-0.39, 0.29) is 0 Å². The van der Waals surface area contributed by atoms with E-state index in [9.17, 15) is 9.90 Å². The first-order chi connectivity index (χ1) is 9.10. The summed E-state index contributed by atoms with van der Waals surface area (Å²) in [5.74, 6) is -0.292. The molecule has 5 heteroatoms. The van der Waals surface area contributed by atoms with Crippen LogP contribution in [0.5, 0.6) is 0 Å². The zero-order valence-electron chi connectivity index (χ0n) is 11.1. The Hall–Kier alpha value is -1.62. The molecule has 0 aliphatic carbocycles. The molecule has 1 aromatic rings. The summed E-state index contributed by atoms with van der Waals surface area (Å²) in [7, 11) is 0. The van der Waals surface area contributed by atoms with Crippen LogP contribution < -0.4 is 4.90 Å². The van der Waals surface area contributed by atoms with Gasteiger partial charge in [0.1, 0.15) is 11.4 Å². The highest BCUT2D eigenvalue weighted by molar-refractivity contribution is 5.93. The Morgan fingerprint density at radius 1 is 1.37 bits per heavy atom. The van der Waals surface area contributed by atoms with Crippen LogP contribution in [-0.2, 0) is 4.74 Å². The van der Waals surface area contributed by atoms with Gasteiger partial charge in [-0.15, -0.1) is 0 Å². The van der Waals surface area contributed by atoms with E-state index in [1.54, 1.807) is 12.1 Å². The number of hydrogen-bond acceptors (Lipinski definition) is 4. The van der Waals surface area contributed by atoms with E-state index in [0.717, 1.165) is 44.8 Å². The summed E-state index contributed by atoms with van der Waals surface area (Å²) in [6.07, 6.45) is 2.13. The van der Waals surface area contributed by atoms with Crippen LogP contribution in [0.4, 0.5) is 5.82 Å². The van der Waals surface area contributed by atoms with Crippen LogP contribution in [0.3, 0.4) is 0 Å². The molecule has 1 N–H and O–H groups in total. The second kappa shape index (κ2) is 4.49. The smallest absolute Gasteiger partial charge is 0.339 e. The fourth-order valence-corrected chi connectivity index (χ4v) is 2.98. The predicted octanol–water partition coefficient (Wildman–Crippen LogP) is 1.71. The van der Waals surface area contributed by atoms with Gasteiger partial charge >= 0.3 is 5.97 Å². The molecule has 2 aliphatic rings. The molecule has 19 heavy (non-hydrogen) atoms. The minimum atomic E-state index is -0.907. The highest BCUT2D eigenvalue weighted by Crippen LogP contribution is 2.42. The number of anilines is 1. The van der Waals surface area contributed by atoms with Crippen molar-refractivity contribution in [3.05, 3.63) is 23.4 Å². The quantitative estimate of drug-likeness (QED) is 0.879. The molecule has 2 saturated heterocycles. The Kier molecular flexibility index (Phi) is 2.93. The number of rotatable bonds is 2. The van der Waals surface area contributed by atoms with Gasteiger partial charge in [0.2, 0.25) is 0 Å². The lowest BCUT2D eigenvalue weighted by Crippen LogP contribution is -2.59. The van der Waals surface area contributed by atoms with Gasteiger partial charge in [0.05, 0.1) is 0 Å². The van der Waals surface area contributed by atoms with Gasteiger partial charge in [-0.1, -0.05) is 0 Å². The number of carbonyl (C=O) groups is 1. The third-order valence-electron chi connectivity index (χ3n) is 4.15. The molecule has 5 nitrogen and oxygen atoms in total. The first-order valence-electron chi connectivity index (χ1n) is 6.63. The van der Waals surface area contributed by atoms with E-state index < -0.39 is 5.97 Å². The normalized spacial score (nSPS) is 21.2. The predicted molar refractivity (Wildman–Crippen MR) is 70.6 cm³/mol. The number of carboxylic acids is 1. The summed E-state index contributed by atoms with van der Waals surface area (Å²) < 4.78 is 5.39. The van der Waals surface area contributed by atoms with Gasteiger partial charge in [-0.25, -0.2) is 9.78 Å². The Morgan fingerprint density at radius 2 is 2.05 bits per heavy atom. The fourth-order valence-electron chi connectivity index (χ4n) is 2.98. The molecule has 3 rings (SSSR count). The molecule has 1 spiro atoms. The molecule has 0 bridgehead atoms. The van der Waals surface area contributed by atoms with E-state index >= 15 is 0 Å². The number of carboxylic acid groups (broad SMARTS) is 1. The van der Waals surface area contributed by atoms with Crippen LogP contribution in [0, 0.1) is 12.3 Å². The minimum Gasteiger partial charge on any atom is -0.478 e. The van der Waals surface area contributed by atoms with Crippen LogP contribution in [-0.4, -0.2) is 42.4 Å². The summed E-state index contributed by atoms with van der Waals surface area (Å²) in [5, 5.41) is 9.24. The van der Waals surface area contributed by atoms with E-state index in [4.69, 9.17) is 4.74 Å². The van der Waals surface area contributed by atoms with Crippen molar-refractivity contribution in [1.82, 2.24) is 4.98 Å². The summed E-state index contributed by atoms with van der Waals surface area (Å²) in [6, 6.07) is 3.39. The summed E-state index contributed by atoms with van der Waals surface area (Å²) >= 11 is 0. The summed E-state index contributed by atoms with van der Waals surface area (Å²) in [5.41, 5.74) is 1.47. The van der Waals surface area contributed by atoms with E-state index in [1.807, 2.05) is 6.92 Å². The molecule has 0 aromatic carbocycles. The van der Waals surface area contributed by atoms with Crippen LogP contribution in [0.15, 0.2) is 12.1 Å². The SMILES string of the molecule is Cc1ccc(C(=O)O)c(N2CC3(CCOCC3)C2)n1. The average Bonchev–Trinajstić information content (AvgIpc) is 2.36. The van der Waals surface area contributed by atoms with Crippen LogP contribution in [0.2, 0.25) is 0 Å². The van der Waals surface area contributed by atoms with Gasteiger partial charge in [-0.05, 0) is 31.9 Å². The lowest BCUT2D eigenvalue weighted by atomic mass is 9.73. The number of nitrogens with zero attached hydrogens (tertiary/aromatic N) is 2. The first-order valence-corrected chi connectivity index (χ1v) is 6.63. The maximum Gasteiger partial charge on any atom is 0.339 e.